The Morgan fingerprint density at radius 1 is 1.03 bits per heavy atom. The van der Waals surface area contributed by atoms with Crippen molar-refractivity contribution < 1.29 is 13.9 Å². The largest absolute Gasteiger partial charge is 0.460 e. The maximum Gasteiger partial charge on any atom is 0.338 e. The number of aryl methyl sites for hydroxylation is 1. The molecule has 0 aliphatic heterocycles. The second-order valence-electron chi connectivity index (χ2n) is 8.90. The predicted molar refractivity (Wildman–Crippen MR) is 144 cm³/mol. The number of carbonyl (C=O) groups is 1. The van der Waals surface area contributed by atoms with E-state index in [1.165, 1.54) is 5.56 Å². The summed E-state index contributed by atoms with van der Waals surface area (Å²) in [6.45, 7) is 6.41. The van der Waals surface area contributed by atoms with E-state index >= 15 is 0 Å². The fourth-order valence-electron chi connectivity index (χ4n) is 3.54. The maximum absolute atomic E-state index is 12.7. The number of halogens is 1. The summed E-state index contributed by atoms with van der Waals surface area (Å²) in [5.74, 6) is 0.330. The number of nitrogens with one attached hydrogen (secondary N) is 1. The Hall–Kier alpha value is -3.55. The highest BCUT2D eigenvalue weighted by molar-refractivity contribution is 9.10. The van der Waals surface area contributed by atoms with Gasteiger partial charge in [-0.1, -0.05) is 76.1 Å². The van der Waals surface area contributed by atoms with E-state index in [9.17, 15) is 4.79 Å². The second-order valence-corrected chi connectivity index (χ2v) is 9.82. The Labute approximate surface area is 219 Å². The Morgan fingerprint density at radius 3 is 2.42 bits per heavy atom. The minimum atomic E-state index is -0.909. The molecule has 0 saturated carbocycles. The molecule has 184 valence electrons. The van der Waals surface area contributed by atoms with Gasteiger partial charge in [0.2, 0.25) is 11.8 Å². The first-order valence-electron chi connectivity index (χ1n) is 11.6. The topological polar surface area (TPSA) is 77.2 Å². The van der Waals surface area contributed by atoms with Crippen LogP contribution in [-0.2, 0) is 16.8 Å². The van der Waals surface area contributed by atoms with E-state index in [2.05, 4.69) is 55.7 Å². The number of esters is 1. The standard InChI is InChI=1S/C29H28BrN3O3/c1-20-9-11-23(12-10-20)18-31-29(3,19-35-27(34)24-13-15-25(30)16-14-24)28-33-32-26(36-28)21(2)17-22-7-5-4-6-8-22/h4-17,31H,18-19H2,1-3H3/b21-17+. The minimum absolute atomic E-state index is 0.0108. The zero-order valence-electron chi connectivity index (χ0n) is 20.5. The van der Waals surface area contributed by atoms with Crippen LogP contribution in [0.25, 0.3) is 11.6 Å². The van der Waals surface area contributed by atoms with Gasteiger partial charge in [0.15, 0.2) is 0 Å². The molecule has 0 radical (unpaired) electrons. The average Bonchev–Trinajstić information content (AvgIpc) is 3.40. The molecule has 6 nitrogen and oxygen atoms in total. The number of hydrogen-bond donors (Lipinski definition) is 1. The van der Waals surface area contributed by atoms with E-state index in [0.29, 0.717) is 23.9 Å². The quantitative estimate of drug-likeness (QED) is 0.240. The summed E-state index contributed by atoms with van der Waals surface area (Å²) in [7, 11) is 0. The highest BCUT2D eigenvalue weighted by Gasteiger charge is 2.34. The van der Waals surface area contributed by atoms with E-state index in [1.54, 1.807) is 24.3 Å². The van der Waals surface area contributed by atoms with Gasteiger partial charge in [0.1, 0.15) is 12.1 Å². The smallest absolute Gasteiger partial charge is 0.338 e. The fraction of sp³-hybridized carbons (Fsp3) is 0.207. The number of nitrogens with zero attached hydrogens (tertiary/aromatic N) is 2. The first kappa shape index (κ1) is 25.5. The molecule has 1 N–H and O–H groups in total. The lowest BCUT2D eigenvalue weighted by atomic mass is 10.0. The molecule has 0 fully saturated rings. The van der Waals surface area contributed by atoms with E-state index in [-0.39, 0.29) is 6.61 Å². The van der Waals surface area contributed by atoms with Gasteiger partial charge < -0.3 is 9.15 Å². The summed E-state index contributed by atoms with van der Waals surface area (Å²) in [6.07, 6.45) is 1.99. The lowest BCUT2D eigenvalue weighted by Gasteiger charge is -2.27. The maximum atomic E-state index is 12.7. The van der Waals surface area contributed by atoms with Crippen molar-refractivity contribution in [1.82, 2.24) is 15.5 Å². The van der Waals surface area contributed by atoms with Gasteiger partial charge in [-0.25, -0.2) is 4.79 Å². The van der Waals surface area contributed by atoms with Crippen molar-refractivity contribution in [3.8, 4) is 0 Å². The highest BCUT2D eigenvalue weighted by Crippen LogP contribution is 2.25. The molecule has 0 saturated heterocycles. The number of benzene rings is 3. The molecule has 0 bridgehead atoms. The molecule has 0 aliphatic carbocycles. The number of ether oxygens (including phenoxy) is 1. The first-order chi connectivity index (χ1) is 17.3. The number of allylic oxidation sites excluding steroid dienone is 1. The SMILES string of the molecule is C/C(=C\c1ccccc1)c1nnc(C(C)(COC(=O)c2ccc(Br)cc2)NCc2ccc(C)cc2)o1. The lowest BCUT2D eigenvalue weighted by Crippen LogP contribution is -2.44. The van der Waals surface area contributed by atoms with Crippen molar-refractivity contribution in [1.29, 1.82) is 0 Å². The predicted octanol–water partition coefficient (Wildman–Crippen LogP) is 6.56. The molecule has 36 heavy (non-hydrogen) atoms. The summed E-state index contributed by atoms with van der Waals surface area (Å²) in [5.41, 5.74) is 3.71. The average molecular weight is 546 g/mol. The van der Waals surface area contributed by atoms with Gasteiger partial charge in [-0.05, 0) is 62.2 Å². The molecular formula is C29H28BrN3O3. The van der Waals surface area contributed by atoms with Crippen LogP contribution in [0, 0.1) is 6.92 Å². The lowest BCUT2D eigenvalue weighted by molar-refractivity contribution is 0.0341. The van der Waals surface area contributed by atoms with Gasteiger partial charge in [-0.2, -0.15) is 0 Å². The van der Waals surface area contributed by atoms with Crippen LogP contribution < -0.4 is 5.32 Å². The number of rotatable bonds is 9. The number of hydrogen-bond acceptors (Lipinski definition) is 6. The molecule has 0 amide bonds. The molecule has 1 heterocycles. The van der Waals surface area contributed by atoms with Crippen LogP contribution in [0.4, 0.5) is 0 Å². The Morgan fingerprint density at radius 2 is 1.72 bits per heavy atom. The molecule has 0 aliphatic rings. The van der Waals surface area contributed by atoms with Gasteiger partial charge in [0.05, 0.1) is 5.56 Å². The molecule has 4 aromatic rings. The number of carbonyl (C=O) groups excluding carboxylic acids is 1. The summed E-state index contributed by atoms with van der Waals surface area (Å²) >= 11 is 3.38. The van der Waals surface area contributed by atoms with Crippen LogP contribution in [0.2, 0.25) is 0 Å². The van der Waals surface area contributed by atoms with Crippen molar-refractivity contribution in [2.24, 2.45) is 0 Å². The normalized spacial score (nSPS) is 13.3. The zero-order chi connectivity index (χ0) is 25.5. The van der Waals surface area contributed by atoms with Crippen LogP contribution in [-0.4, -0.2) is 22.8 Å². The minimum Gasteiger partial charge on any atom is -0.460 e. The Balaban J connectivity index is 1.56. The van der Waals surface area contributed by atoms with Gasteiger partial charge in [-0.3, -0.25) is 5.32 Å². The van der Waals surface area contributed by atoms with Crippen molar-refractivity contribution in [2.75, 3.05) is 6.61 Å². The van der Waals surface area contributed by atoms with Gasteiger partial charge in [0, 0.05) is 16.6 Å². The molecular weight excluding hydrogens is 518 g/mol. The first-order valence-corrected chi connectivity index (χ1v) is 12.4. The van der Waals surface area contributed by atoms with Gasteiger partial charge >= 0.3 is 5.97 Å². The van der Waals surface area contributed by atoms with Gasteiger partial charge in [0.25, 0.3) is 0 Å². The van der Waals surface area contributed by atoms with Crippen molar-refractivity contribution in [3.63, 3.8) is 0 Å². The van der Waals surface area contributed by atoms with Crippen LogP contribution in [0.5, 0.6) is 0 Å². The summed E-state index contributed by atoms with van der Waals surface area (Å²) < 4.78 is 12.7. The van der Waals surface area contributed by atoms with Crippen molar-refractivity contribution in [3.05, 3.63) is 117 Å². The third-order valence-corrected chi connectivity index (χ3v) is 6.32. The molecule has 4 rings (SSSR count). The fourth-order valence-corrected chi connectivity index (χ4v) is 3.80. The van der Waals surface area contributed by atoms with E-state index in [4.69, 9.17) is 9.15 Å². The van der Waals surface area contributed by atoms with Gasteiger partial charge in [-0.15, -0.1) is 10.2 Å². The van der Waals surface area contributed by atoms with E-state index in [0.717, 1.165) is 21.2 Å². The molecule has 7 heteroatoms. The third kappa shape index (κ3) is 6.56. The summed E-state index contributed by atoms with van der Waals surface area (Å²) in [5, 5.41) is 12.1. The molecule has 3 aromatic carbocycles. The van der Waals surface area contributed by atoms with Crippen LogP contribution in [0.3, 0.4) is 0 Å². The monoisotopic (exact) mass is 545 g/mol. The summed E-state index contributed by atoms with van der Waals surface area (Å²) in [6, 6.07) is 25.2. The molecule has 1 atom stereocenters. The van der Waals surface area contributed by atoms with Crippen LogP contribution in [0.15, 0.2) is 87.8 Å². The Kier molecular flexibility index (Phi) is 8.13. The molecule has 1 aromatic heterocycles. The summed E-state index contributed by atoms with van der Waals surface area (Å²) in [4.78, 5) is 12.7. The van der Waals surface area contributed by atoms with E-state index in [1.807, 2.05) is 57.2 Å². The van der Waals surface area contributed by atoms with Crippen LogP contribution in [0.1, 0.15) is 52.7 Å². The molecule has 0 spiro atoms. The molecule has 1 unspecified atom stereocenters. The Bertz CT molecular complexity index is 1330. The van der Waals surface area contributed by atoms with Crippen molar-refractivity contribution in [2.45, 2.75) is 32.9 Å². The third-order valence-electron chi connectivity index (χ3n) is 5.79. The van der Waals surface area contributed by atoms with Crippen LogP contribution >= 0.6 is 15.9 Å². The number of aromatic nitrogens is 2. The second kappa shape index (κ2) is 11.5. The van der Waals surface area contributed by atoms with E-state index < -0.39 is 11.5 Å². The zero-order valence-corrected chi connectivity index (χ0v) is 22.1. The van der Waals surface area contributed by atoms with Crippen molar-refractivity contribution >= 4 is 33.5 Å². The highest BCUT2D eigenvalue weighted by atomic mass is 79.9.